The molecule has 1 aromatic rings. The second kappa shape index (κ2) is 5.43. The van der Waals surface area contributed by atoms with E-state index < -0.39 is 0 Å². The summed E-state index contributed by atoms with van der Waals surface area (Å²) in [5.74, 6) is 0.981. The Morgan fingerprint density at radius 2 is 1.94 bits per heavy atom. The lowest BCUT2D eigenvalue weighted by Gasteiger charge is -2.46. The van der Waals surface area contributed by atoms with Crippen molar-refractivity contribution in [1.82, 2.24) is 9.80 Å². The quantitative estimate of drug-likeness (QED) is 0.888. The van der Waals surface area contributed by atoms with E-state index in [0.29, 0.717) is 12.1 Å². The van der Waals surface area contributed by atoms with Gasteiger partial charge in [0.15, 0.2) is 0 Å². The largest absolute Gasteiger partial charge is 0.468 e. The predicted molar refractivity (Wildman–Crippen MR) is 73.4 cm³/mol. The molecule has 0 amide bonds. The average molecular weight is 251 g/mol. The summed E-state index contributed by atoms with van der Waals surface area (Å²) in [5, 5.41) is 0. The van der Waals surface area contributed by atoms with Crippen molar-refractivity contribution < 1.29 is 4.42 Å². The van der Waals surface area contributed by atoms with E-state index in [0.717, 1.165) is 18.8 Å². The number of piperazine rings is 1. The Labute approximate surface area is 110 Å². The highest BCUT2D eigenvalue weighted by molar-refractivity contribution is 5.08. The molecule has 1 aromatic heterocycles. The molecule has 1 aliphatic heterocycles. The molecule has 2 heterocycles. The molecule has 0 radical (unpaired) electrons. The minimum absolute atomic E-state index is 0.0685. The molecule has 4 nitrogen and oxygen atoms in total. The van der Waals surface area contributed by atoms with Crippen LogP contribution in [0.1, 0.15) is 32.6 Å². The van der Waals surface area contributed by atoms with E-state index in [2.05, 4.69) is 37.6 Å². The minimum atomic E-state index is 0.0685. The molecule has 0 saturated carbocycles. The summed E-state index contributed by atoms with van der Waals surface area (Å²) >= 11 is 0. The molecular formula is C14H25N3O. The van der Waals surface area contributed by atoms with Gasteiger partial charge in [0.25, 0.3) is 0 Å². The fourth-order valence-electron chi connectivity index (χ4n) is 2.90. The van der Waals surface area contributed by atoms with E-state index in [4.69, 9.17) is 10.2 Å². The number of hydrogen-bond donors (Lipinski definition) is 1. The number of nitrogens with two attached hydrogens (primary N) is 1. The lowest BCUT2D eigenvalue weighted by Crippen LogP contribution is -2.57. The summed E-state index contributed by atoms with van der Waals surface area (Å²) in [6.07, 6.45) is 1.73. The molecule has 1 aliphatic rings. The second-order valence-electron chi connectivity index (χ2n) is 5.64. The van der Waals surface area contributed by atoms with Gasteiger partial charge in [-0.1, -0.05) is 0 Å². The van der Waals surface area contributed by atoms with Crippen LogP contribution in [-0.2, 0) is 0 Å². The van der Waals surface area contributed by atoms with Crippen molar-refractivity contribution in [2.24, 2.45) is 5.73 Å². The highest BCUT2D eigenvalue weighted by Gasteiger charge is 2.34. The molecule has 102 valence electrons. The highest BCUT2D eigenvalue weighted by Crippen LogP contribution is 2.27. The van der Waals surface area contributed by atoms with Crippen LogP contribution in [0, 0.1) is 0 Å². The Morgan fingerprint density at radius 3 is 2.39 bits per heavy atom. The number of rotatable bonds is 3. The number of furan rings is 1. The van der Waals surface area contributed by atoms with Crippen LogP contribution in [0.2, 0.25) is 0 Å². The van der Waals surface area contributed by atoms with Gasteiger partial charge in [0, 0.05) is 31.2 Å². The van der Waals surface area contributed by atoms with Crippen LogP contribution in [0.5, 0.6) is 0 Å². The van der Waals surface area contributed by atoms with Gasteiger partial charge in [-0.15, -0.1) is 0 Å². The summed E-state index contributed by atoms with van der Waals surface area (Å²) in [6.45, 7) is 8.66. The van der Waals surface area contributed by atoms with E-state index in [1.54, 1.807) is 6.26 Å². The predicted octanol–water partition coefficient (Wildman–Crippen LogP) is 1.69. The molecule has 1 saturated heterocycles. The third-order valence-corrected chi connectivity index (χ3v) is 4.11. The zero-order valence-corrected chi connectivity index (χ0v) is 11.8. The van der Waals surface area contributed by atoms with Crippen molar-refractivity contribution in [3.8, 4) is 0 Å². The van der Waals surface area contributed by atoms with Gasteiger partial charge in [-0.3, -0.25) is 9.80 Å². The Hall–Kier alpha value is -0.840. The van der Waals surface area contributed by atoms with E-state index in [9.17, 15) is 0 Å². The van der Waals surface area contributed by atoms with Crippen molar-refractivity contribution in [2.75, 3.05) is 20.1 Å². The van der Waals surface area contributed by atoms with Crippen molar-refractivity contribution in [3.05, 3.63) is 24.2 Å². The minimum Gasteiger partial charge on any atom is -0.468 e. The maximum atomic E-state index is 6.17. The molecular weight excluding hydrogens is 226 g/mol. The van der Waals surface area contributed by atoms with E-state index in [1.165, 1.54) is 0 Å². The molecule has 18 heavy (non-hydrogen) atoms. The molecule has 4 atom stereocenters. The second-order valence-corrected chi connectivity index (χ2v) is 5.64. The number of likely N-dealkylation sites (N-methyl/N-ethyl adjacent to an activating group) is 1. The third kappa shape index (κ3) is 2.60. The van der Waals surface area contributed by atoms with Crippen LogP contribution in [0.25, 0.3) is 0 Å². The van der Waals surface area contributed by atoms with Gasteiger partial charge in [-0.25, -0.2) is 0 Å². The molecule has 0 spiro atoms. The molecule has 4 heteroatoms. The van der Waals surface area contributed by atoms with Crippen LogP contribution >= 0.6 is 0 Å². The molecule has 0 aromatic carbocycles. The summed E-state index contributed by atoms with van der Waals surface area (Å²) in [6, 6.07) is 5.31. The van der Waals surface area contributed by atoms with Gasteiger partial charge in [-0.2, -0.15) is 0 Å². The smallest absolute Gasteiger partial charge is 0.122 e. The van der Waals surface area contributed by atoms with Crippen molar-refractivity contribution >= 4 is 0 Å². The lowest BCUT2D eigenvalue weighted by molar-refractivity contribution is 0.0213. The number of hydrogen-bond acceptors (Lipinski definition) is 4. The standard InChI is InChI=1S/C14H25N3O/c1-10-8-17(9-11(2)16(10)4)14(12(3)15)13-6-5-7-18-13/h5-7,10-12,14H,8-9,15H2,1-4H3. The first-order chi connectivity index (χ1) is 8.50. The SMILES string of the molecule is CC(N)C(c1ccco1)N1CC(C)N(C)C(C)C1. The Bertz CT molecular complexity index is 351. The third-order valence-electron chi connectivity index (χ3n) is 4.11. The first-order valence-corrected chi connectivity index (χ1v) is 6.75. The zero-order valence-electron chi connectivity index (χ0n) is 11.8. The van der Waals surface area contributed by atoms with Gasteiger partial charge < -0.3 is 10.2 Å². The first-order valence-electron chi connectivity index (χ1n) is 6.75. The maximum Gasteiger partial charge on any atom is 0.122 e. The zero-order chi connectivity index (χ0) is 13.3. The summed E-state index contributed by atoms with van der Waals surface area (Å²) in [4.78, 5) is 4.88. The monoisotopic (exact) mass is 251 g/mol. The average Bonchev–Trinajstić information content (AvgIpc) is 2.79. The van der Waals surface area contributed by atoms with Gasteiger partial charge in [0.05, 0.1) is 12.3 Å². The van der Waals surface area contributed by atoms with E-state index in [1.807, 2.05) is 12.1 Å². The molecule has 0 bridgehead atoms. The van der Waals surface area contributed by atoms with Crippen LogP contribution < -0.4 is 5.73 Å². The van der Waals surface area contributed by atoms with Gasteiger partial charge in [0.1, 0.15) is 5.76 Å². The van der Waals surface area contributed by atoms with Crippen molar-refractivity contribution in [2.45, 2.75) is 44.9 Å². The molecule has 2 N–H and O–H groups in total. The first kappa shape index (κ1) is 13.6. The fraction of sp³-hybridized carbons (Fsp3) is 0.714. The van der Waals surface area contributed by atoms with Gasteiger partial charge in [0.2, 0.25) is 0 Å². The van der Waals surface area contributed by atoms with E-state index in [-0.39, 0.29) is 12.1 Å². The molecule has 1 fully saturated rings. The van der Waals surface area contributed by atoms with Crippen LogP contribution in [0.15, 0.2) is 22.8 Å². The Balaban J connectivity index is 2.17. The van der Waals surface area contributed by atoms with Crippen molar-refractivity contribution in [3.63, 3.8) is 0 Å². The molecule has 2 rings (SSSR count). The summed E-state index contributed by atoms with van der Waals surface area (Å²) < 4.78 is 5.57. The van der Waals surface area contributed by atoms with Crippen molar-refractivity contribution in [1.29, 1.82) is 0 Å². The Morgan fingerprint density at radius 1 is 1.33 bits per heavy atom. The van der Waals surface area contributed by atoms with Crippen LogP contribution in [0.3, 0.4) is 0 Å². The van der Waals surface area contributed by atoms with E-state index >= 15 is 0 Å². The lowest BCUT2D eigenvalue weighted by atomic mass is 10.0. The van der Waals surface area contributed by atoms with Crippen LogP contribution in [0.4, 0.5) is 0 Å². The molecule has 0 aliphatic carbocycles. The topological polar surface area (TPSA) is 45.6 Å². The van der Waals surface area contributed by atoms with Gasteiger partial charge >= 0.3 is 0 Å². The number of nitrogens with zero attached hydrogens (tertiary/aromatic N) is 2. The van der Waals surface area contributed by atoms with Crippen LogP contribution in [-0.4, -0.2) is 48.1 Å². The summed E-state index contributed by atoms with van der Waals surface area (Å²) in [5.41, 5.74) is 6.17. The fourth-order valence-corrected chi connectivity index (χ4v) is 2.90. The van der Waals surface area contributed by atoms with Gasteiger partial charge in [-0.05, 0) is 40.0 Å². The summed E-state index contributed by atoms with van der Waals surface area (Å²) in [7, 11) is 2.19. The Kier molecular flexibility index (Phi) is 4.10. The molecule has 4 unspecified atom stereocenters. The maximum absolute atomic E-state index is 6.17. The highest BCUT2D eigenvalue weighted by atomic mass is 16.3. The normalized spacial score (nSPS) is 30.3.